The average Bonchev–Trinajstić information content (AvgIpc) is 2.55. The van der Waals surface area contributed by atoms with Gasteiger partial charge in [0.25, 0.3) is 0 Å². The summed E-state index contributed by atoms with van der Waals surface area (Å²) in [6.45, 7) is 4.93. The number of nitrogens with zero attached hydrogens (tertiary/aromatic N) is 1. The number of alkyl halides is 1. The van der Waals surface area contributed by atoms with E-state index in [1.165, 1.54) is 11.1 Å². The molecule has 2 heterocycles. The number of benzene rings is 1. The van der Waals surface area contributed by atoms with Crippen LogP contribution in [0.5, 0.6) is 0 Å². The van der Waals surface area contributed by atoms with Gasteiger partial charge < -0.3 is 14.4 Å². The molecule has 0 bridgehead atoms. The van der Waals surface area contributed by atoms with Crippen molar-refractivity contribution in [2.24, 2.45) is 0 Å². The van der Waals surface area contributed by atoms with Crippen molar-refractivity contribution in [3.8, 4) is 0 Å². The lowest BCUT2D eigenvalue weighted by Gasteiger charge is -2.35. The van der Waals surface area contributed by atoms with Crippen molar-refractivity contribution in [1.82, 2.24) is 4.90 Å². The van der Waals surface area contributed by atoms with Gasteiger partial charge >= 0.3 is 0 Å². The molecule has 2 aliphatic heterocycles. The number of hydrogen-bond acceptors (Lipinski definition) is 3. The Kier molecular flexibility index (Phi) is 5.69. The van der Waals surface area contributed by atoms with Gasteiger partial charge in [-0.2, -0.15) is 0 Å². The summed E-state index contributed by atoms with van der Waals surface area (Å²) in [5, 5.41) is 0.930. The number of likely N-dealkylation sites (tertiary alicyclic amines) is 1. The molecule has 0 aliphatic carbocycles. The molecule has 1 saturated heterocycles. The van der Waals surface area contributed by atoms with Gasteiger partial charge in [-0.3, -0.25) is 0 Å². The fourth-order valence-electron chi connectivity index (χ4n) is 3.33. The minimum atomic E-state index is 0.245. The molecule has 1 unspecified atom stereocenters. The van der Waals surface area contributed by atoms with Crippen LogP contribution in [-0.4, -0.2) is 49.2 Å². The second-order valence-corrected chi connectivity index (χ2v) is 6.66. The van der Waals surface area contributed by atoms with Crippen molar-refractivity contribution >= 4 is 15.9 Å². The molecule has 21 heavy (non-hydrogen) atoms. The van der Waals surface area contributed by atoms with Crippen molar-refractivity contribution in [1.29, 1.82) is 0 Å². The third-order valence-corrected chi connectivity index (χ3v) is 4.81. The molecule has 0 saturated carbocycles. The normalized spacial score (nSPS) is 24.0. The Morgan fingerprint density at radius 2 is 2.05 bits per heavy atom. The van der Waals surface area contributed by atoms with Gasteiger partial charge in [-0.1, -0.05) is 40.2 Å². The van der Waals surface area contributed by atoms with Crippen LogP contribution < -0.4 is 0 Å². The van der Waals surface area contributed by atoms with Crippen LogP contribution in [0.2, 0.25) is 0 Å². The summed E-state index contributed by atoms with van der Waals surface area (Å²) in [4.78, 5) is 2.53. The third-order valence-electron chi connectivity index (χ3n) is 4.48. The van der Waals surface area contributed by atoms with Crippen LogP contribution in [0, 0.1) is 0 Å². The lowest BCUT2D eigenvalue weighted by atomic mass is 9.96. The molecule has 3 rings (SSSR count). The molecule has 0 aromatic heterocycles. The lowest BCUT2D eigenvalue weighted by Crippen LogP contribution is -2.40. The minimum absolute atomic E-state index is 0.245. The molecule has 1 atom stereocenters. The molecule has 3 nitrogen and oxygen atoms in total. The van der Waals surface area contributed by atoms with Gasteiger partial charge in [0.2, 0.25) is 0 Å². The van der Waals surface area contributed by atoms with Crippen LogP contribution in [0.4, 0.5) is 0 Å². The molecule has 1 aromatic carbocycles. The third kappa shape index (κ3) is 4.07. The largest absolute Gasteiger partial charge is 0.377 e. The van der Waals surface area contributed by atoms with Crippen molar-refractivity contribution < 1.29 is 9.47 Å². The molecule has 0 amide bonds. The predicted octanol–water partition coefficient (Wildman–Crippen LogP) is 3.18. The molecule has 1 aromatic rings. The van der Waals surface area contributed by atoms with Gasteiger partial charge in [-0.05, 0) is 30.4 Å². The highest BCUT2D eigenvalue weighted by Gasteiger charge is 2.26. The molecular formula is C17H24BrNO2. The van der Waals surface area contributed by atoms with Gasteiger partial charge in [0.05, 0.1) is 25.4 Å². The van der Waals surface area contributed by atoms with E-state index in [0.717, 1.165) is 57.4 Å². The van der Waals surface area contributed by atoms with Crippen LogP contribution in [0.3, 0.4) is 0 Å². The first-order valence-electron chi connectivity index (χ1n) is 7.96. The van der Waals surface area contributed by atoms with Gasteiger partial charge in [-0.15, -0.1) is 0 Å². The number of ether oxygens (including phenoxy) is 2. The van der Waals surface area contributed by atoms with Gasteiger partial charge in [0.15, 0.2) is 0 Å². The average molecular weight is 354 g/mol. The van der Waals surface area contributed by atoms with Gasteiger partial charge in [0, 0.05) is 25.0 Å². The molecule has 116 valence electrons. The Morgan fingerprint density at radius 3 is 2.86 bits per heavy atom. The molecule has 0 N–H and O–H groups in total. The van der Waals surface area contributed by atoms with Crippen LogP contribution in [0.15, 0.2) is 24.3 Å². The van der Waals surface area contributed by atoms with E-state index in [0.29, 0.717) is 6.10 Å². The van der Waals surface area contributed by atoms with Crippen LogP contribution in [0.25, 0.3) is 0 Å². The van der Waals surface area contributed by atoms with E-state index >= 15 is 0 Å². The van der Waals surface area contributed by atoms with E-state index in [1.807, 2.05) is 0 Å². The van der Waals surface area contributed by atoms with Gasteiger partial charge in [-0.25, -0.2) is 0 Å². The fourth-order valence-corrected chi connectivity index (χ4v) is 3.52. The highest BCUT2D eigenvalue weighted by molar-refractivity contribution is 9.09. The number of hydrogen-bond donors (Lipinski definition) is 0. The molecule has 0 spiro atoms. The van der Waals surface area contributed by atoms with E-state index < -0.39 is 0 Å². The van der Waals surface area contributed by atoms with E-state index in [4.69, 9.17) is 9.47 Å². The number of halogens is 1. The Balaban J connectivity index is 1.52. The first-order valence-corrected chi connectivity index (χ1v) is 9.08. The summed E-state index contributed by atoms with van der Waals surface area (Å²) in [5.41, 5.74) is 2.85. The quantitative estimate of drug-likeness (QED) is 0.758. The lowest BCUT2D eigenvalue weighted by molar-refractivity contribution is -0.0169. The van der Waals surface area contributed by atoms with Crippen LogP contribution >= 0.6 is 15.9 Å². The van der Waals surface area contributed by atoms with Crippen molar-refractivity contribution in [3.05, 3.63) is 35.4 Å². The summed E-state index contributed by atoms with van der Waals surface area (Å²) in [6, 6.07) is 8.73. The topological polar surface area (TPSA) is 21.7 Å². The molecule has 2 aliphatic rings. The maximum absolute atomic E-state index is 6.02. The molecule has 4 heteroatoms. The maximum Gasteiger partial charge on any atom is 0.0954 e. The second kappa shape index (κ2) is 7.73. The first kappa shape index (κ1) is 15.5. The number of fused-ring (bicyclic) bond motifs is 1. The molecule has 1 fully saturated rings. The zero-order chi connectivity index (χ0) is 14.5. The Bertz CT molecular complexity index is 446. The van der Waals surface area contributed by atoms with Gasteiger partial charge in [0.1, 0.15) is 0 Å². The monoisotopic (exact) mass is 353 g/mol. The Labute approximate surface area is 135 Å². The van der Waals surface area contributed by atoms with E-state index in [1.54, 1.807) is 0 Å². The fraction of sp³-hybridized carbons (Fsp3) is 0.647. The zero-order valence-electron chi connectivity index (χ0n) is 12.5. The molecular weight excluding hydrogens is 330 g/mol. The standard InChI is InChI=1S/C17H24BrNO2/c18-8-12-20-15-5-9-19(10-6-15)13-17-16-4-2-1-3-14(16)7-11-21-17/h1-4,15,17H,5-13H2. The van der Waals surface area contributed by atoms with E-state index in [9.17, 15) is 0 Å². The smallest absolute Gasteiger partial charge is 0.0954 e. The minimum Gasteiger partial charge on any atom is -0.377 e. The van der Waals surface area contributed by atoms with E-state index in [-0.39, 0.29) is 6.10 Å². The first-order chi connectivity index (χ1) is 10.4. The van der Waals surface area contributed by atoms with Crippen molar-refractivity contribution in [3.63, 3.8) is 0 Å². The Morgan fingerprint density at radius 1 is 1.24 bits per heavy atom. The number of rotatable bonds is 5. The van der Waals surface area contributed by atoms with Crippen LogP contribution in [-0.2, 0) is 15.9 Å². The summed E-state index contributed by atoms with van der Waals surface area (Å²) in [5.74, 6) is 0. The van der Waals surface area contributed by atoms with Crippen molar-refractivity contribution in [2.45, 2.75) is 31.5 Å². The van der Waals surface area contributed by atoms with E-state index in [2.05, 4.69) is 45.1 Å². The predicted molar refractivity (Wildman–Crippen MR) is 88.0 cm³/mol. The maximum atomic E-state index is 6.02. The number of piperidine rings is 1. The molecule has 0 radical (unpaired) electrons. The van der Waals surface area contributed by atoms with Crippen molar-refractivity contribution in [2.75, 3.05) is 38.2 Å². The summed E-state index contributed by atoms with van der Waals surface area (Å²) in [6.07, 6.45) is 4.02. The highest BCUT2D eigenvalue weighted by Crippen LogP contribution is 2.28. The summed E-state index contributed by atoms with van der Waals surface area (Å²) in [7, 11) is 0. The second-order valence-electron chi connectivity index (χ2n) is 5.87. The highest BCUT2D eigenvalue weighted by atomic mass is 79.9. The SMILES string of the molecule is BrCCOC1CCN(CC2OCCc3ccccc32)CC1. The summed E-state index contributed by atoms with van der Waals surface area (Å²) >= 11 is 3.42. The Hall–Kier alpha value is -0.420. The van der Waals surface area contributed by atoms with Crippen LogP contribution in [0.1, 0.15) is 30.1 Å². The zero-order valence-corrected chi connectivity index (χ0v) is 14.1. The summed E-state index contributed by atoms with van der Waals surface area (Å²) < 4.78 is 11.8.